The Bertz CT molecular complexity index is 468. The highest BCUT2D eigenvalue weighted by molar-refractivity contribution is 5.35. The van der Waals surface area contributed by atoms with Gasteiger partial charge in [-0.1, -0.05) is 50.1 Å². The highest BCUT2D eigenvalue weighted by Gasteiger charge is 2.36. The van der Waals surface area contributed by atoms with Gasteiger partial charge in [-0.15, -0.1) is 0 Å². The summed E-state index contributed by atoms with van der Waals surface area (Å²) in [7, 11) is 0. The Labute approximate surface area is 148 Å². The van der Waals surface area contributed by atoms with Crippen LogP contribution in [0.5, 0.6) is 0 Å². The average Bonchev–Trinajstić information content (AvgIpc) is 2.92. The van der Waals surface area contributed by atoms with Gasteiger partial charge in [0.2, 0.25) is 0 Å². The molecule has 4 N–H and O–H groups in total. The maximum atomic E-state index is 6.67. The van der Waals surface area contributed by atoms with Crippen LogP contribution in [-0.2, 0) is 4.74 Å². The van der Waals surface area contributed by atoms with Crippen molar-refractivity contribution in [2.24, 2.45) is 17.4 Å². The Morgan fingerprint density at radius 3 is 2.96 bits per heavy atom. The molecular weight excluding hydrogens is 296 g/mol. The van der Waals surface area contributed by atoms with Gasteiger partial charge in [0.25, 0.3) is 0 Å². The van der Waals surface area contributed by atoms with Gasteiger partial charge < -0.3 is 16.2 Å². The first kappa shape index (κ1) is 19.4. The zero-order valence-electron chi connectivity index (χ0n) is 15.4. The minimum Gasteiger partial charge on any atom is -0.378 e. The molecule has 0 saturated heterocycles. The van der Waals surface area contributed by atoms with Crippen molar-refractivity contribution in [2.75, 3.05) is 13.2 Å². The molecule has 0 bridgehead atoms. The van der Waals surface area contributed by atoms with Crippen molar-refractivity contribution >= 4 is 0 Å². The van der Waals surface area contributed by atoms with Gasteiger partial charge in [-0.3, -0.25) is 0 Å². The minimum absolute atomic E-state index is 0.111. The SMILES string of the molecule is C=C1CC[C@H](OCCCN)C/C1=C/C=C/[C@]1(N)CCCC1CCC. The molecule has 0 heterocycles. The van der Waals surface area contributed by atoms with Crippen molar-refractivity contribution in [3.63, 3.8) is 0 Å². The molecule has 0 aromatic carbocycles. The van der Waals surface area contributed by atoms with Gasteiger partial charge in [0.05, 0.1) is 6.10 Å². The van der Waals surface area contributed by atoms with Gasteiger partial charge in [0, 0.05) is 12.1 Å². The van der Waals surface area contributed by atoms with Crippen LogP contribution >= 0.6 is 0 Å². The molecular formula is C21H36N2O. The van der Waals surface area contributed by atoms with E-state index >= 15 is 0 Å². The van der Waals surface area contributed by atoms with E-state index in [1.165, 1.54) is 36.8 Å². The van der Waals surface area contributed by atoms with Crippen LogP contribution in [0.1, 0.15) is 64.7 Å². The number of rotatable bonds is 8. The lowest BCUT2D eigenvalue weighted by Gasteiger charge is -2.28. The third kappa shape index (κ3) is 5.30. The molecule has 2 rings (SSSR count). The molecule has 0 radical (unpaired) electrons. The van der Waals surface area contributed by atoms with E-state index in [1.807, 2.05) is 0 Å². The van der Waals surface area contributed by atoms with Crippen molar-refractivity contribution < 1.29 is 4.74 Å². The molecule has 3 atom stereocenters. The number of ether oxygens (including phenoxy) is 1. The Kier molecular flexibility index (Phi) is 7.73. The fourth-order valence-electron chi connectivity index (χ4n) is 4.10. The third-order valence-electron chi connectivity index (χ3n) is 5.64. The van der Waals surface area contributed by atoms with E-state index in [9.17, 15) is 0 Å². The van der Waals surface area contributed by atoms with Crippen LogP contribution in [0.3, 0.4) is 0 Å². The summed E-state index contributed by atoms with van der Waals surface area (Å²) in [6, 6.07) is 0. The Morgan fingerprint density at radius 1 is 1.38 bits per heavy atom. The first-order valence-electron chi connectivity index (χ1n) is 9.76. The second-order valence-electron chi connectivity index (χ2n) is 7.52. The standard InChI is InChI=1S/C21H36N2O/c1-3-7-19-9-5-13-21(19,23)12-4-8-18-16-20(11-10-17(18)2)24-15-6-14-22/h4,8,12,19-20H,2-3,5-7,9-11,13-16,22-23H2,1H3/b12-4+,18-8-/t19?,20-,21-/m0/s1. The highest BCUT2D eigenvalue weighted by atomic mass is 16.5. The van der Waals surface area contributed by atoms with E-state index in [2.05, 4.69) is 31.7 Å². The van der Waals surface area contributed by atoms with Crippen LogP contribution in [0.15, 0.2) is 36.0 Å². The summed E-state index contributed by atoms with van der Waals surface area (Å²) in [6.07, 6.45) is 17.1. The summed E-state index contributed by atoms with van der Waals surface area (Å²) in [5.41, 5.74) is 14.7. The van der Waals surface area contributed by atoms with Crippen LogP contribution in [0.25, 0.3) is 0 Å². The van der Waals surface area contributed by atoms with E-state index < -0.39 is 0 Å². The summed E-state index contributed by atoms with van der Waals surface area (Å²) < 4.78 is 5.94. The fraction of sp³-hybridized carbons (Fsp3) is 0.714. The maximum Gasteiger partial charge on any atom is 0.0618 e. The molecule has 3 nitrogen and oxygen atoms in total. The monoisotopic (exact) mass is 332 g/mol. The number of allylic oxidation sites excluding steroid dienone is 3. The van der Waals surface area contributed by atoms with Gasteiger partial charge >= 0.3 is 0 Å². The second-order valence-corrected chi connectivity index (χ2v) is 7.52. The van der Waals surface area contributed by atoms with E-state index in [4.69, 9.17) is 16.2 Å². The largest absolute Gasteiger partial charge is 0.378 e. The van der Waals surface area contributed by atoms with Crippen LogP contribution in [0, 0.1) is 5.92 Å². The zero-order chi connectivity index (χ0) is 17.4. The first-order valence-corrected chi connectivity index (χ1v) is 9.76. The second kappa shape index (κ2) is 9.55. The lowest BCUT2D eigenvalue weighted by Crippen LogP contribution is -2.41. The molecule has 24 heavy (non-hydrogen) atoms. The molecule has 3 heteroatoms. The zero-order valence-corrected chi connectivity index (χ0v) is 15.4. The van der Waals surface area contributed by atoms with Crippen LogP contribution < -0.4 is 11.5 Å². The summed E-state index contributed by atoms with van der Waals surface area (Å²) in [4.78, 5) is 0. The molecule has 2 aliphatic carbocycles. The maximum absolute atomic E-state index is 6.67. The smallest absolute Gasteiger partial charge is 0.0618 e. The fourth-order valence-corrected chi connectivity index (χ4v) is 4.10. The molecule has 136 valence electrons. The lowest BCUT2D eigenvalue weighted by atomic mass is 9.84. The Balaban J connectivity index is 1.94. The molecule has 0 amide bonds. The molecule has 0 aromatic heterocycles. The third-order valence-corrected chi connectivity index (χ3v) is 5.64. The highest BCUT2D eigenvalue weighted by Crippen LogP contribution is 2.38. The van der Waals surface area contributed by atoms with Crippen molar-refractivity contribution in [2.45, 2.75) is 76.4 Å². The summed E-state index contributed by atoms with van der Waals surface area (Å²) in [5.74, 6) is 0.638. The summed E-state index contributed by atoms with van der Waals surface area (Å²) in [6.45, 7) is 7.94. The number of nitrogens with two attached hydrogens (primary N) is 2. The van der Waals surface area contributed by atoms with E-state index in [1.54, 1.807) is 0 Å². The van der Waals surface area contributed by atoms with Crippen molar-refractivity contribution in [3.05, 3.63) is 36.0 Å². The van der Waals surface area contributed by atoms with Gasteiger partial charge in [-0.2, -0.15) is 0 Å². The predicted octanol–water partition coefficient (Wildman–Crippen LogP) is 4.24. The van der Waals surface area contributed by atoms with Gasteiger partial charge in [0.1, 0.15) is 0 Å². The lowest BCUT2D eigenvalue weighted by molar-refractivity contribution is 0.0436. The first-order chi connectivity index (χ1) is 11.6. The Morgan fingerprint density at radius 2 is 2.21 bits per heavy atom. The van der Waals surface area contributed by atoms with Gasteiger partial charge in [-0.25, -0.2) is 0 Å². The summed E-state index contributed by atoms with van der Waals surface area (Å²) in [5, 5.41) is 0. The number of hydrogen-bond acceptors (Lipinski definition) is 3. The van der Waals surface area contributed by atoms with Crippen molar-refractivity contribution in [3.8, 4) is 0 Å². The topological polar surface area (TPSA) is 61.3 Å². The molecule has 0 aliphatic heterocycles. The molecule has 0 spiro atoms. The molecule has 2 aliphatic rings. The van der Waals surface area contributed by atoms with Crippen molar-refractivity contribution in [1.82, 2.24) is 0 Å². The van der Waals surface area contributed by atoms with Crippen LogP contribution in [0.2, 0.25) is 0 Å². The van der Waals surface area contributed by atoms with Gasteiger partial charge in [0.15, 0.2) is 0 Å². The molecule has 2 fully saturated rings. The predicted molar refractivity (Wildman–Crippen MR) is 103 cm³/mol. The van der Waals surface area contributed by atoms with E-state index in [-0.39, 0.29) is 5.54 Å². The normalized spacial score (nSPS) is 33.0. The van der Waals surface area contributed by atoms with E-state index in [0.717, 1.165) is 38.7 Å². The molecule has 0 aromatic rings. The molecule has 2 saturated carbocycles. The average molecular weight is 333 g/mol. The van der Waals surface area contributed by atoms with Crippen molar-refractivity contribution in [1.29, 1.82) is 0 Å². The quantitative estimate of drug-likeness (QED) is 0.654. The number of hydrogen-bond donors (Lipinski definition) is 2. The van der Waals surface area contributed by atoms with Gasteiger partial charge in [-0.05, 0) is 63.0 Å². The molecule has 1 unspecified atom stereocenters. The van der Waals surface area contributed by atoms with E-state index in [0.29, 0.717) is 18.6 Å². The Hall–Kier alpha value is -0.900. The van der Waals surface area contributed by atoms with Crippen LogP contribution in [0.4, 0.5) is 0 Å². The minimum atomic E-state index is -0.111. The summed E-state index contributed by atoms with van der Waals surface area (Å²) >= 11 is 0. The van der Waals surface area contributed by atoms with Crippen LogP contribution in [-0.4, -0.2) is 24.8 Å².